The van der Waals surface area contributed by atoms with Gasteiger partial charge in [-0.3, -0.25) is 9.59 Å². The van der Waals surface area contributed by atoms with Gasteiger partial charge < -0.3 is 14.8 Å². The first-order valence-electron chi connectivity index (χ1n) is 8.06. The molecule has 7 heteroatoms. The molecule has 1 N–H and O–H groups in total. The van der Waals surface area contributed by atoms with Gasteiger partial charge in [-0.25, -0.2) is 0 Å². The number of hydrogen-bond acceptors (Lipinski definition) is 4. The summed E-state index contributed by atoms with van der Waals surface area (Å²) in [6.07, 6.45) is 0.552. The number of amides is 1. The van der Waals surface area contributed by atoms with Crippen LogP contribution in [0.2, 0.25) is 0 Å². The number of rotatable bonds is 8. The van der Waals surface area contributed by atoms with Crippen LogP contribution in [0.25, 0.3) is 0 Å². The number of benzene rings is 2. The highest BCUT2D eigenvalue weighted by atomic mass is 19.3. The molecular weight excluding hydrogens is 344 g/mol. The number of halogens is 2. The van der Waals surface area contributed by atoms with E-state index in [2.05, 4.69) is 10.1 Å². The minimum Gasteiger partial charge on any atom is -0.455 e. The number of nitrogens with one attached hydrogen (secondary N) is 1. The molecule has 0 aliphatic heterocycles. The molecule has 2 aromatic carbocycles. The lowest BCUT2D eigenvalue weighted by molar-refractivity contribution is -0.149. The van der Waals surface area contributed by atoms with Crippen molar-refractivity contribution in [2.75, 3.05) is 11.9 Å². The molecule has 5 nitrogen and oxygen atoms in total. The Hall–Kier alpha value is -2.96. The van der Waals surface area contributed by atoms with E-state index < -0.39 is 31.0 Å². The molecule has 1 atom stereocenters. The molecule has 2 aromatic rings. The predicted molar refractivity (Wildman–Crippen MR) is 92.1 cm³/mol. The van der Waals surface area contributed by atoms with Gasteiger partial charge in [0.1, 0.15) is 5.75 Å². The summed E-state index contributed by atoms with van der Waals surface area (Å²) in [6, 6.07) is 14.6. The van der Waals surface area contributed by atoms with Gasteiger partial charge in [0, 0.05) is 5.69 Å². The van der Waals surface area contributed by atoms with E-state index in [1.807, 2.05) is 37.3 Å². The maximum Gasteiger partial charge on any atom is 0.387 e. The van der Waals surface area contributed by atoms with Crippen LogP contribution in [0.4, 0.5) is 14.5 Å². The minimum absolute atomic E-state index is 0.0157. The van der Waals surface area contributed by atoms with Crippen molar-refractivity contribution in [1.29, 1.82) is 0 Å². The zero-order valence-electron chi connectivity index (χ0n) is 14.2. The van der Waals surface area contributed by atoms with Gasteiger partial charge in [-0.2, -0.15) is 8.78 Å². The lowest BCUT2D eigenvalue weighted by Gasteiger charge is -2.14. The van der Waals surface area contributed by atoms with Gasteiger partial charge in [0.2, 0.25) is 0 Å². The number of hydrogen-bond donors (Lipinski definition) is 1. The lowest BCUT2D eigenvalue weighted by Crippen LogP contribution is -2.23. The molecule has 2 rings (SSSR count). The van der Waals surface area contributed by atoms with Crippen LogP contribution in [0.5, 0.6) is 5.75 Å². The predicted octanol–water partition coefficient (Wildman–Crippen LogP) is 3.96. The van der Waals surface area contributed by atoms with Crippen LogP contribution in [0.15, 0.2) is 54.6 Å². The number of esters is 1. The Morgan fingerprint density at radius 1 is 1.04 bits per heavy atom. The Morgan fingerprint density at radius 3 is 2.27 bits per heavy atom. The lowest BCUT2D eigenvalue weighted by atomic mass is 9.97. The van der Waals surface area contributed by atoms with Crippen molar-refractivity contribution in [3.05, 3.63) is 60.2 Å². The van der Waals surface area contributed by atoms with Crippen LogP contribution in [0.3, 0.4) is 0 Å². The maximum atomic E-state index is 12.2. The van der Waals surface area contributed by atoms with Crippen molar-refractivity contribution in [3.8, 4) is 5.75 Å². The number of carbonyl (C=O) groups is 2. The summed E-state index contributed by atoms with van der Waals surface area (Å²) < 4.78 is 33.5. The second-order valence-electron chi connectivity index (χ2n) is 5.43. The number of alkyl halides is 2. The molecule has 0 spiro atoms. The van der Waals surface area contributed by atoms with Crippen molar-refractivity contribution in [2.45, 2.75) is 25.9 Å². The van der Waals surface area contributed by atoms with Crippen molar-refractivity contribution < 1.29 is 27.8 Å². The van der Waals surface area contributed by atoms with E-state index >= 15 is 0 Å². The molecule has 0 bridgehead atoms. The molecule has 0 saturated heterocycles. The Kier molecular flexibility index (Phi) is 7.08. The number of carbonyl (C=O) groups excluding carboxylic acids is 2. The maximum absolute atomic E-state index is 12.2. The van der Waals surface area contributed by atoms with Gasteiger partial charge in [0.15, 0.2) is 6.61 Å². The molecule has 0 aliphatic carbocycles. The van der Waals surface area contributed by atoms with Crippen LogP contribution in [-0.2, 0) is 14.3 Å². The third-order valence-corrected chi connectivity index (χ3v) is 3.60. The highest BCUT2D eigenvalue weighted by molar-refractivity contribution is 5.93. The Bertz CT molecular complexity index is 720. The normalized spacial score (nSPS) is 11.7. The van der Waals surface area contributed by atoms with Crippen LogP contribution in [0.1, 0.15) is 24.8 Å². The smallest absolute Gasteiger partial charge is 0.387 e. The van der Waals surface area contributed by atoms with Crippen molar-refractivity contribution in [1.82, 2.24) is 0 Å². The summed E-state index contributed by atoms with van der Waals surface area (Å²) in [7, 11) is 0. The second kappa shape index (κ2) is 9.50. The van der Waals surface area contributed by atoms with Gasteiger partial charge in [0.25, 0.3) is 5.91 Å². The van der Waals surface area contributed by atoms with Crippen molar-refractivity contribution in [3.63, 3.8) is 0 Å². The highest BCUT2D eigenvalue weighted by Crippen LogP contribution is 2.21. The Morgan fingerprint density at radius 2 is 1.69 bits per heavy atom. The topological polar surface area (TPSA) is 64.6 Å². The standard InChI is InChI=1S/C19H19F2NO4/c1-2-16(13-6-4-3-5-7-13)18(24)25-12-17(23)22-14-8-10-15(11-9-14)26-19(20)21/h3-11,16,19H,2,12H2,1H3,(H,22,23)/t16-/m1/s1. The molecule has 0 heterocycles. The van der Waals surface area contributed by atoms with E-state index in [1.165, 1.54) is 24.3 Å². The van der Waals surface area contributed by atoms with Crippen molar-refractivity contribution >= 4 is 17.6 Å². The van der Waals surface area contributed by atoms with E-state index in [0.717, 1.165) is 5.56 Å². The molecule has 0 aliphatic rings. The average molecular weight is 363 g/mol. The molecular formula is C19H19F2NO4. The van der Waals surface area contributed by atoms with Crippen LogP contribution in [-0.4, -0.2) is 25.1 Å². The molecule has 0 fully saturated rings. The zero-order valence-corrected chi connectivity index (χ0v) is 14.2. The first kappa shape index (κ1) is 19.4. The van der Waals surface area contributed by atoms with E-state index in [9.17, 15) is 18.4 Å². The Labute approximate surface area is 149 Å². The molecule has 0 saturated carbocycles. The van der Waals surface area contributed by atoms with Crippen molar-refractivity contribution in [2.24, 2.45) is 0 Å². The third kappa shape index (κ3) is 5.84. The van der Waals surface area contributed by atoms with E-state index in [1.54, 1.807) is 0 Å². The summed E-state index contributed by atoms with van der Waals surface area (Å²) in [5.74, 6) is -1.45. The summed E-state index contributed by atoms with van der Waals surface area (Å²) in [5, 5.41) is 2.52. The first-order valence-corrected chi connectivity index (χ1v) is 8.06. The molecule has 0 unspecified atom stereocenters. The van der Waals surface area contributed by atoms with Gasteiger partial charge >= 0.3 is 12.6 Å². The summed E-state index contributed by atoms with van der Waals surface area (Å²) >= 11 is 0. The largest absolute Gasteiger partial charge is 0.455 e. The van der Waals surface area contributed by atoms with Gasteiger partial charge in [0.05, 0.1) is 5.92 Å². The molecule has 138 valence electrons. The fraction of sp³-hybridized carbons (Fsp3) is 0.263. The van der Waals surface area contributed by atoms with Crippen LogP contribution in [0, 0.1) is 0 Å². The molecule has 26 heavy (non-hydrogen) atoms. The van der Waals surface area contributed by atoms with Gasteiger partial charge in [-0.15, -0.1) is 0 Å². The summed E-state index contributed by atoms with van der Waals surface area (Å²) in [6.45, 7) is -1.48. The van der Waals surface area contributed by atoms with Gasteiger partial charge in [-0.1, -0.05) is 37.3 Å². The fourth-order valence-corrected chi connectivity index (χ4v) is 2.38. The minimum atomic E-state index is -2.91. The molecule has 0 radical (unpaired) electrons. The van der Waals surface area contributed by atoms with Gasteiger partial charge in [-0.05, 0) is 36.2 Å². The number of anilines is 1. The quantitative estimate of drug-likeness (QED) is 0.721. The zero-order chi connectivity index (χ0) is 18.9. The summed E-state index contributed by atoms with van der Waals surface area (Å²) in [4.78, 5) is 24.1. The third-order valence-electron chi connectivity index (χ3n) is 3.60. The number of ether oxygens (including phenoxy) is 2. The average Bonchev–Trinajstić information content (AvgIpc) is 2.63. The van der Waals surface area contributed by atoms with Crippen LogP contribution >= 0.6 is 0 Å². The molecule has 1 amide bonds. The van der Waals surface area contributed by atoms with Crippen LogP contribution < -0.4 is 10.1 Å². The SMILES string of the molecule is CC[C@@H](C(=O)OCC(=O)Nc1ccc(OC(F)F)cc1)c1ccccc1. The van der Waals surface area contributed by atoms with E-state index in [4.69, 9.17) is 4.74 Å². The fourth-order valence-electron chi connectivity index (χ4n) is 2.38. The van der Waals surface area contributed by atoms with E-state index in [-0.39, 0.29) is 5.75 Å². The second-order valence-corrected chi connectivity index (χ2v) is 5.43. The monoisotopic (exact) mass is 363 g/mol. The Balaban J connectivity index is 1.85. The first-order chi connectivity index (χ1) is 12.5. The highest BCUT2D eigenvalue weighted by Gasteiger charge is 2.21. The van der Waals surface area contributed by atoms with E-state index in [0.29, 0.717) is 12.1 Å². The molecule has 0 aromatic heterocycles. The summed E-state index contributed by atoms with van der Waals surface area (Å²) in [5.41, 5.74) is 1.21.